The maximum Gasteiger partial charge on any atom is 0.258 e. The van der Waals surface area contributed by atoms with Crippen LogP contribution in [-0.4, -0.2) is 71.8 Å². The van der Waals surface area contributed by atoms with Crippen LogP contribution in [-0.2, 0) is 23.9 Å². The molecular weight excluding hydrogens is 544 g/mol. The Kier molecular flexibility index (Phi) is 11.5. The number of ketones is 1. The number of methoxy groups -OCH3 is 1. The zero-order chi connectivity index (χ0) is 31.1. The molecule has 43 heavy (non-hydrogen) atoms. The van der Waals surface area contributed by atoms with Crippen molar-refractivity contribution in [1.82, 2.24) is 20.7 Å². The minimum atomic E-state index is -0.801. The van der Waals surface area contributed by atoms with Crippen molar-refractivity contribution in [2.24, 2.45) is 17.8 Å². The van der Waals surface area contributed by atoms with Gasteiger partial charge in [-0.15, -0.1) is 0 Å². The number of nitrogens with one attached hydrogen (secondary N) is 2. The van der Waals surface area contributed by atoms with Crippen LogP contribution in [0.2, 0.25) is 0 Å². The van der Waals surface area contributed by atoms with Crippen molar-refractivity contribution >= 4 is 29.6 Å². The predicted octanol–water partition coefficient (Wildman–Crippen LogP) is 4.43. The van der Waals surface area contributed by atoms with Crippen LogP contribution in [0.4, 0.5) is 0 Å². The van der Waals surface area contributed by atoms with Gasteiger partial charge in [0.1, 0.15) is 17.9 Å². The largest absolute Gasteiger partial charge is 0.381 e. The first-order chi connectivity index (χ1) is 20.6. The number of carbonyl (C=O) groups is 4. The standard InChI is InChI=1S/C34H50N4O5/c1-22(2)27-21-30(39)23(3)31(43-5)17-7-6-12-25-13-10-14-26(20-25)29-16-8-9-18-37(29)34(42)28-15-11-19-38(36-28)33(41)24(4)35-32(27)40/h6,10,12-14,20,22-24,27-29,31,36H,7-9,11,15-19,21H2,1-5H3,(H,35,40)/b12-6+/t23-,24-,27-,28-,29-,31+/m0/s1. The highest BCUT2D eigenvalue weighted by atomic mass is 16.5. The van der Waals surface area contributed by atoms with E-state index in [0.29, 0.717) is 32.4 Å². The summed E-state index contributed by atoms with van der Waals surface area (Å²) < 4.78 is 5.73. The maximum absolute atomic E-state index is 13.9. The fourth-order valence-electron chi connectivity index (χ4n) is 6.64. The first kappa shape index (κ1) is 32.9. The molecule has 3 amide bonds. The van der Waals surface area contributed by atoms with Crippen LogP contribution in [0.5, 0.6) is 0 Å². The molecule has 6 atom stereocenters. The van der Waals surface area contributed by atoms with Crippen molar-refractivity contribution in [2.75, 3.05) is 20.2 Å². The van der Waals surface area contributed by atoms with Gasteiger partial charge in [0.2, 0.25) is 11.8 Å². The molecule has 3 heterocycles. The van der Waals surface area contributed by atoms with Crippen molar-refractivity contribution in [3.8, 4) is 0 Å². The number of carbonyl (C=O) groups excluding carboxylic acids is 4. The van der Waals surface area contributed by atoms with Gasteiger partial charge < -0.3 is 15.0 Å². The molecule has 0 aliphatic carbocycles. The minimum Gasteiger partial charge on any atom is -0.381 e. The molecule has 2 fully saturated rings. The average molecular weight is 595 g/mol. The van der Waals surface area contributed by atoms with Crippen molar-refractivity contribution in [3.05, 3.63) is 41.5 Å². The van der Waals surface area contributed by atoms with Crippen molar-refractivity contribution in [1.29, 1.82) is 0 Å². The van der Waals surface area contributed by atoms with E-state index >= 15 is 0 Å². The quantitative estimate of drug-likeness (QED) is 0.525. The van der Waals surface area contributed by atoms with Crippen LogP contribution in [0.3, 0.4) is 0 Å². The van der Waals surface area contributed by atoms with Crippen molar-refractivity contribution < 1.29 is 23.9 Å². The Morgan fingerprint density at radius 2 is 1.74 bits per heavy atom. The summed E-state index contributed by atoms with van der Waals surface area (Å²) in [5.74, 6) is -1.61. The molecule has 9 nitrogen and oxygen atoms in total. The lowest BCUT2D eigenvalue weighted by atomic mass is 9.84. The van der Waals surface area contributed by atoms with E-state index in [1.807, 2.05) is 31.7 Å². The molecule has 1 aromatic rings. The van der Waals surface area contributed by atoms with E-state index in [9.17, 15) is 19.2 Å². The molecule has 4 bridgehead atoms. The first-order valence-electron chi connectivity index (χ1n) is 16.1. The van der Waals surface area contributed by atoms with Crippen molar-refractivity contribution in [3.63, 3.8) is 0 Å². The van der Waals surface area contributed by atoms with E-state index in [2.05, 4.69) is 41.1 Å². The SMILES string of the molecule is CO[C@@H]1CC/C=C/c2cccc(c2)[C@@H]2CCCCN2C(=O)[C@@H]2CCCN(N2)C(=O)[C@H](C)NC(=O)[C@H](C(C)C)CC(=O)[C@@H]1C. The summed E-state index contributed by atoms with van der Waals surface area (Å²) in [4.78, 5) is 56.1. The molecule has 0 aromatic heterocycles. The molecule has 1 aromatic carbocycles. The topological polar surface area (TPSA) is 108 Å². The Morgan fingerprint density at radius 1 is 0.953 bits per heavy atom. The lowest BCUT2D eigenvalue weighted by Crippen LogP contribution is -2.61. The molecule has 9 heteroatoms. The number of benzene rings is 1. The highest BCUT2D eigenvalue weighted by Gasteiger charge is 2.37. The second kappa shape index (κ2) is 15.1. The smallest absolute Gasteiger partial charge is 0.258 e. The van der Waals surface area contributed by atoms with E-state index < -0.39 is 18.0 Å². The van der Waals surface area contributed by atoms with E-state index in [1.54, 1.807) is 14.0 Å². The van der Waals surface area contributed by atoms with Gasteiger partial charge >= 0.3 is 0 Å². The Morgan fingerprint density at radius 3 is 2.49 bits per heavy atom. The molecule has 0 saturated carbocycles. The number of hydrogen-bond acceptors (Lipinski definition) is 6. The highest BCUT2D eigenvalue weighted by Crippen LogP contribution is 2.33. The van der Waals surface area contributed by atoms with Gasteiger partial charge in [0.15, 0.2) is 0 Å². The summed E-state index contributed by atoms with van der Waals surface area (Å²) in [6.07, 6.45) is 9.70. The number of Topliss-reactive ketones (excluding diaryl/α,β-unsaturated/α-hetero) is 1. The Hall–Kier alpha value is -3.04. The number of fused-ring (bicyclic) bond motifs is 6. The predicted molar refractivity (Wildman–Crippen MR) is 166 cm³/mol. The lowest BCUT2D eigenvalue weighted by Gasteiger charge is -2.41. The molecule has 3 aliphatic rings. The summed E-state index contributed by atoms with van der Waals surface area (Å²) in [5, 5.41) is 4.36. The Balaban J connectivity index is 1.63. The third-order valence-electron chi connectivity index (χ3n) is 9.42. The Labute approximate surface area is 256 Å². The minimum absolute atomic E-state index is 0.0140. The molecule has 3 aliphatic heterocycles. The molecule has 0 unspecified atom stereocenters. The van der Waals surface area contributed by atoms with Gasteiger partial charge in [0.05, 0.1) is 12.1 Å². The van der Waals surface area contributed by atoms with Crippen LogP contribution in [0.15, 0.2) is 30.3 Å². The number of hydrogen-bond donors (Lipinski definition) is 2. The number of nitrogens with zero attached hydrogens (tertiary/aromatic N) is 2. The monoisotopic (exact) mass is 594 g/mol. The van der Waals surface area contributed by atoms with Gasteiger partial charge in [-0.25, -0.2) is 5.43 Å². The highest BCUT2D eigenvalue weighted by molar-refractivity contribution is 5.92. The van der Waals surface area contributed by atoms with Crippen LogP contribution >= 0.6 is 0 Å². The molecule has 2 saturated heterocycles. The number of rotatable bonds is 2. The fourth-order valence-corrected chi connectivity index (χ4v) is 6.64. The summed E-state index contributed by atoms with van der Waals surface area (Å²) in [6, 6.07) is 7.05. The number of amides is 3. The van der Waals surface area contributed by atoms with Gasteiger partial charge in [-0.3, -0.25) is 24.2 Å². The van der Waals surface area contributed by atoms with Crippen molar-refractivity contribution in [2.45, 2.75) is 103 Å². The first-order valence-corrected chi connectivity index (χ1v) is 16.1. The van der Waals surface area contributed by atoms with Crippen LogP contribution in [0, 0.1) is 17.8 Å². The summed E-state index contributed by atoms with van der Waals surface area (Å²) in [7, 11) is 1.63. The summed E-state index contributed by atoms with van der Waals surface area (Å²) in [6.45, 7) is 8.52. The van der Waals surface area contributed by atoms with Gasteiger partial charge in [-0.1, -0.05) is 51.1 Å². The van der Waals surface area contributed by atoms with E-state index in [1.165, 1.54) is 5.01 Å². The number of piperidine rings is 1. The molecule has 4 rings (SSSR count). The Bertz CT molecular complexity index is 1180. The molecule has 0 radical (unpaired) electrons. The van der Waals surface area contributed by atoms with E-state index in [0.717, 1.165) is 36.8 Å². The zero-order valence-corrected chi connectivity index (χ0v) is 26.5. The van der Waals surface area contributed by atoms with E-state index in [4.69, 9.17) is 4.74 Å². The molecule has 2 N–H and O–H groups in total. The average Bonchev–Trinajstić information content (AvgIpc) is 3.02. The second-order valence-electron chi connectivity index (χ2n) is 12.8. The third kappa shape index (κ3) is 8.12. The second-order valence-corrected chi connectivity index (χ2v) is 12.8. The van der Waals surface area contributed by atoms with Gasteiger partial charge in [0, 0.05) is 38.5 Å². The third-order valence-corrected chi connectivity index (χ3v) is 9.42. The van der Waals surface area contributed by atoms with Gasteiger partial charge in [-0.05, 0) is 75.0 Å². The lowest BCUT2D eigenvalue weighted by molar-refractivity contribution is -0.147. The van der Waals surface area contributed by atoms with E-state index in [-0.39, 0.29) is 53.9 Å². The zero-order valence-electron chi connectivity index (χ0n) is 26.5. The maximum atomic E-state index is 13.9. The summed E-state index contributed by atoms with van der Waals surface area (Å²) >= 11 is 0. The van der Waals surface area contributed by atoms with Crippen LogP contribution in [0.25, 0.3) is 6.08 Å². The summed E-state index contributed by atoms with van der Waals surface area (Å²) in [5.41, 5.74) is 5.38. The fraction of sp³-hybridized carbons (Fsp3) is 0.647. The molecular formula is C34H50N4O5. The molecule has 0 spiro atoms. The van der Waals surface area contributed by atoms with Crippen LogP contribution in [0.1, 0.15) is 96.2 Å². The van der Waals surface area contributed by atoms with Gasteiger partial charge in [0.25, 0.3) is 5.91 Å². The van der Waals surface area contributed by atoms with Gasteiger partial charge in [-0.2, -0.15) is 0 Å². The number of hydrazine groups is 1. The number of ether oxygens (including phenoxy) is 1. The molecule has 236 valence electrons. The normalized spacial score (nSPS) is 31.1. The van der Waals surface area contributed by atoms with Crippen LogP contribution < -0.4 is 10.7 Å². The number of allylic oxidation sites excluding steroid dienone is 1.